The summed E-state index contributed by atoms with van der Waals surface area (Å²) >= 11 is 0. The second kappa shape index (κ2) is 20.2. The summed E-state index contributed by atoms with van der Waals surface area (Å²) < 4.78 is 49.6. The molecule has 2 heterocycles. The Balaban J connectivity index is 1.06. The minimum Gasteiger partial charge on any atom is -0.463 e. The van der Waals surface area contributed by atoms with E-state index in [0.29, 0.717) is 71.0 Å². The maximum atomic E-state index is 13.0. The summed E-state index contributed by atoms with van der Waals surface area (Å²) in [6.07, 6.45) is 6.57. The molecular formula is C35H50O14. The van der Waals surface area contributed by atoms with Crippen LogP contribution in [-0.2, 0) is 61.8 Å². The summed E-state index contributed by atoms with van der Waals surface area (Å²) in [6.45, 7) is 8.31. The van der Waals surface area contributed by atoms with E-state index in [-0.39, 0.29) is 62.4 Å². The van der Waals surface area contributed by atoms with Gasteiger partial charge in [-0.3, -0.25) is 9.59 Å². The number of rotatable bonds is 18. The molecule has 2 aliphatic carbocycles. The van der Waals surface area contributed by atoms with E-state index < -0.39 is 42.5 Å². The molecule has 2 saturated carbocycles. The Morgan fingerprint density at radius 2 is 0.980 bits per heavy atom. The lowest BCUT2D eigenvalue weighted by Gasteiger charge is -2.28. The fraction of sp³-hybridized carbons (Fsp3) is 0.743. The topological polar surface area (TPSA) is 168 Å². The van der Waals surface area contributed by atoms with Gasteiger partial charge in [-0.15, -0.1) is 0 Å². The van der Waals surface area contributed by atoms with Crippen molar-refractivity contribution in [2.75, 3.05) is 39.6 Å². The Labute approximate surface area is 287 Å². The zero-order valence-electron chi connectivity index (χ0n) is 28.1. The van der Waals surface area contributed by atoms with E-state index in [0.717, 1.165) is 31.4 Å². The van der Waals surface area contributed by atoms with Crippen molar-refractivity contribution in [2.24, 2.45) is 11.8 Å². The van der Waals surface area contributed by atoms with Crippen molar-refractivity contribution < 1.29 is 66.6 Å². The summed E-state index contributed by atoms with van der Waals surface area (Å²) in [5.74, 6) is -2.07. The van der Waals surface area contributed by atoms with Gasteiger partial charge in [-0.2, -0.15) is 0 Å². The molecule has 4 aliphatic rings. The number of fused-ring (bicyclic) bond motifs is 1. The predicted molar refractivity (Wildman–Crippen MR) is 170 cm³/mol. The molecule has 0 aromatic rings. The van der Waals surface area contributed by atoms with Crippen LogP contribution < -0.4 is 0 Å². The normalized spacial score (nSPS) is 29.1. The van der Waals surface area contributed by atoms with Crippen LogP contribution in [0.3, 0.4) is 0 Å². The predicted octanol–water partition coefficient (Wildman–Crippen LogP) is 3.91. The minimum atomic E-state index is -0.757. The third kappa shape index (κ3) is 12.4. The lowest BCUT2D eigenvalue weighted by molar-refractivity contribution is -0.162. The highest BCUT2D eigenvalue weighted by atomic mass is 16.7. The number of carbonyl (C=O) groups excluding carboxylic acids is 5. The average molecular weight is 695 g/mol. The molecule has 2 aliphatic heterocycles. The van der Waals surface area contributed by atoms with E-state index in [1.807, 2.05) is 0 Å². The first-order valence-corrected chi connectivity index (χ1v) is 17.4. The van der Waals surface area contributed by atoms with E-state index in [4.69, 9.17) is 42.6 Å². The molecule has 14 heteroatoms. The monoisotopic (exact) mass is 694 g/mol. The fourth-order valence-corrected chi connectivity index (χ4v) is 6.45. The molecule has 4 atom stereocenters. The first-order chi connectivity index (χ1) is 23.8. The molecular weight excluding hydrogens is 644 g/mol. The molecule has 0 unspecified atom stereocenters. The lowest BCUT2D eigenvalue weighted by Crippen LogP contribution is -2.38. The van der Waals surface area contributed by atoms with Gasteiger partial charge in [0.15, 0.2) is 12.2 Å². The van der Waals surface area contributed by atoms with Crippen molar-refractivity contribution in [1.82, 2.24) is 0 Å². The zero-order chi connectivity index (χ0) is 35.0. The third-order valence-electron chi connectivity index (χ3n) is 9.25. The van der Waals surface area contributed by atoms with E-state index in [1.165, 1.54) is 0 Å². The van der Waals surface area contributed by atoms with Crippen molar-refractivity contribution in [3.05, 3.63) is 25.3 Å². The Bertz CT molecular complexity index is 1120. The average Bonchev–Trinajstić information content (AvgIpc) is 3.70. The van der Waals surface area contributed by atoms with Gasteiger partial charge in [0.25, 0.3) is 0 Å². The van der Waals surface area contributed by atoms with Crippen LogP contribution >= 0.6 is 0 Å². The summed E-state index contributed by atoms with van der Waals surface area (Å²) in [6, 6.07) is 0. The standard InChI is InChI=1S/C35H50O14/c1-3-29(36)42-18-6-5-17-41-25-13-9-23(10-14-25)33(38)48-27-21-45-32-28(22-46-31(27)32)49-34(39)24-11-15-26(16-12-24)47-35(40)44-20-8-7-19-43-30(37)4-2/h3-4,23-28,31-32H,1-2,5-22H2/t23?,24?,25?,26?,27-,28+,31+,32+/m0/s1. The van der Waals surface area contributed by atoms with E-state index >= 15 is 0 Å². The number of hydrogen-bond donors (Lipinski definition) is 0. The molecule has 0 spiro atoms. The smallest absolute Gasteiger partial charge is 0.463 e. The van der Waals surface area contributed by atoms with E-state index in [2.05, 4.69) is 13.2 Å². The van der Waals surface area contributed by atoms with Crippen molar-refractivity contribution in [3.63, 3.8) is 0 Å². The van der Waals surface area contributed by atoms with Crippen molar-refractivity contribution in [1.29, 1.82) is 0 Å². The third-order valence-corrected chi connectivity index (χ3v) is 9.25. The lowest BCUT2D eigenvalue weighted by atomic mass is 9.87. The molecule has 2 saturated heterocycles. The molecule has 4 fully saturated rings. The molecule has 0 radical (unpaired) electrons. The van der Waals surface area contributed by atoms with Crippen LogP contribution in [-0.4, -0.2) is 106 Å². The van der Waals surface area contributed by atoms with Gasteiger partial charge >= 0.3 is 30.0 Å². The van der Waals surface area contributed by atoms with Gasteiger partial charge in [0.2, 0.25) is 0 Å². The molecule has 4 rings (SSSR count). The second-order valence-electron chi connectivity index (χ2n) is 12.7. The van der Waals surface area contributed by atoms with Gasteiger partial charge in [-0.1, -0.05) is 13.2 Å². The first kappa shape index (κ1) is 38.3. The minimum absolute atomic E-state index is 0.0935. The van der Waals surface area contributed by atoms with Crippen LogP contribution in [0, 0.1) is 11.8 Å². The van der Waals surface area contributed by atoms with Crippen LogP contribution in [0.5, 0.6) is 0 Å². The first-order valence-electron chi connectivity index (χ1n) is 17.4. The van der Waals surface area contributed by atoms with Gasteiger partial charge in [-0.05, 0) is 77.0 Å². The van der Waals surface area contributed by atoms with Crippen LogP contribution in [0.4, 0.5) is 4.79 Å². The van der Waals surface area contributed by atoms with Gasteiger partial charge in [0.05, 0.1) is 51.0 Å². The highest BCUT2D eigenvalue weighted by Crippen LogP contribution is 2.35. The molecule has 0 bridgehead atoms. The van der Waals surface area contributed by atoms with Gasteiger partial charge < -0.3 is 42.6 Å². The Kier molecular flexibility index (Phi) is 15.8. The number of unbranched alkanes of at least 4 members (excludes halogenated alkanes) is 2. The molecule has 0 N–H and O–H groups in total. The van der Waals surface area contributed by atoms with Crippen molar-refractivity contribution in [3.8, 4) is 0 Å². The zero-order valence-corrected chi connectivity index (χ0v) is 28.1. The quantitative estimate of drug-likeness (QED) is 0.0876. The molecule has 0 amide bonds. The Morgan fingerprint density at radius 1 is 0.551 bits per heavy atom. The van der Waals surface area contributed by atoms with Crippen molar-refractivity contribution in [2.45, 2.75) is 114 Å². The molecule has 274 valence electrons. The molecule has 0 aromatic heterocycles. The van der Waals surface area contributed by atoms with Gasteiger partial charge in [0, 0.05) is 18.8 Å². The highest BCUT2D eigenvalue weighted by molar-refractivity contribution is 5.81. The number of hydrogen-bond acceptors (Lipinski definition) is 14. The van der Waals surface area contributed by atoms with Crippen LogP contribution in [0.1, 0.15) is 77.0 Å². The maximum absolute atomic E-state index is 13.0. The molecule has 14 nitrogen and oxygen atoms in total. The largest absolute Gasteiger partial charge is 0.508 e. The summed E-state index contributed by atoms with van der Waals surface area (Å²) in [4.78, 5) is 60.0. The Hall–Kier alpha value is -3.49. The number of ether oxygens (including phenoxy) is 9. The van der Waals surface area contributed by atoms with Crippen molar-refractivity contribution >= 4 is 30.0 Å². The van der Waals surface area contributed by atoms with Crippen LogP contribution in [0.15, 0.2) is 25.3 Å². The SMILES string of the molecule is C=CC(=O)OCCCCOC(=O)OC1CCC(C(=O)O[C@@H]2CO[C@H]3[C@@H]2OC[C@@H]3OC(=O)C2CCC(OCCCCOC(=O)C=C)CC2)CC1. The fourth-order valence-electron chi connectivity index (χ4n) is 6.45. The second-order valence-corrected chi connectivity index (χ2v) is 12.7. The van der Waals surface area contributed by atoms with Gasteiger partial charge in [-0.25, -0.2) is 14.4 Å². The maximum Gasteiger partial charge on any atom is 0.508 e. The highest BCUT2D eigenvalue weighted by Gasteiger charge is 2.52. The van der Waals surface area contributed by atoms with Crippen LogP contribution in [0.2, 0.25) is 0 Å². The van der Waals surface area contributed by atoms with Crippen LogP contribution in [0.25, 0.3) is 0 Å². The number of carbonyl (C=O) groups is 5. The Morgan fingerprint density at radius 3 is 1.45 bits per heavy atom. The summed E-state index contributed by atoms with van der Waals surface area (Å²) in [5.41, 5.74) is 0. The van der Waals surface area contributed by atoms with E-state index in [9.17, 15) is 24.0 Å². The summed E-state index contributed by atoms with van der Waals surface area (Å²) in [7, 11) is 0. The van der Waals surface area contributed by atoms with Gasteiger partial charge in [0.1, 0.15) is 18.3 Å². The molecule has 0 aromatic carbocycles. The summed E-state index contributed by atoms with van der Waals surface area (Å²) in [5, 5.41) is 0. The van der Waals surface area contributed by atoms with E-state index in [1.54, 1.807) is 0 Å². The molecule has 49 heavy (non-hydrogen) atoms. The number of esters is 4.